The van der Waals surface area contributed by atoms with Gasteiger partial charge < -0.3 is 9.47 Å². The first kappa shape index (κ1) is 19.7. The zero-order valence-electron chi connectivity index (χ0n) is 15.6. The van der Waals surface area contributed by atoms with Crippen molar-refractivity contribution in [2.45, 2.75) is 6.54 Å². The lowest BCUT2D eigenvalue weighted by Gasteiger charge is -2.23. The monoisotopic (exact) mass is 398 g/mol. The summed E-state index contributed by atoms with van der Waals surface area (Å²) in [5, 5.41) is 0. The van der Waals surface area contributed by atoms with Gasteiger partial charge in [-0.15, -0.1) is 0 Å². The highest BCUT2D eigenvalue weighted by Crippen LogP contribution is 2.20. The summed E-state index contributed by atoms with van der Waals surface area (Å²) in [7, 11) is -2.05. The smallest absolute Gasteiger partial charge is 0.239 e. The van der Waals surface area contributed by atoms with E-state index in [1.807, 2.05) is 30.3 Å². The van der Waals surface area contributed by atoms with Gasteiger partial charge in [-0.2, -0.15) is 0 Å². The van der Waals surface area contributed by atoms with Crippen LogP contribution in [-0.4, -0.2) is 32.9 Å². The first-order valence-electron chi connectivity index (χ1n) is 8.81. The molecule has 7 heteroatoms. The molecule has 0 unspecified atom stereocenters. The van der Waals surface area contributed by atoms with E-state index in [2.05, 4.69) is 4.98 Å². The minimum atomic E-state index is -3.64. The van der Waals surface area contributed by atoms with Crippen molar-refractivity contribution in [2.24, 2.45) is 0 Å². The van der Waals surface area contributed by atoms with E-state index in [4.69, 9.17) is 9.47 Å². The Hall–Kier alpha value is -3.06. The van der Waals surface area contributed by atoms with Crippen LogP contribution in [0.3, 0.4) is 0 Å². The minimum absolute atomic E-state index is 0.0345. The topological polar surface area (TPSA) is 68.7 Å². The summed E-state index contributed by atoms with van der Waals surface area (Å²) in [6.07, 6.45) is 1.58. The summed E-state index contributed by atoms with van der Waals surface area (Å²) in [6, 6.07) is 21.6. The molecular weight excluding hydrogens is 376 g/mol. The average molecular weight is 398 g/mol. The van der Waals surface area contributed by atoms with Crippen molar-refractivity contribution in [1.29, 1.82) is 0 Å². The molecule has 0 radical (unpaired) electrons. The molecule has 0 aliphatic carbocycles. The van der Waals surface area contributed by atoms with Crippen molar-refractivity contribution in [3.05, 3.63) is 84.6 Å². The molecule has 1 aromatic heterocycles. The van der Waals surface area contributed by atoms with Crippen LogP contribution in [0.15, 0.2) is 79.0 Å². The van der Waals surface area contributed by atoms with Gasteiger partial charge in [-0.3, -0.25) is 0 Å². The van der Waals surface area contributed by atoms with Gasteiger partial charge in [0.1, 0.15) is 29.7 Å². The zero-order chi connectivity index (χ0) is 19.8. The van der Waals surface area contributed by atoms with E-state index >= 15 is 0 Å². The van der Waals surface area contributed by atoms with Crippen LogP contribution in [0.2, 0.25) is 0 Å². The van der Waals surface area contributed by atoms with Gasteiger partial charge in [0.05, 0.1) is 13.7 Å². The lowest BCUT2D eigenvalue weighted by molar-refractivity contribution is 0.339. The second kappa shape index (κ2) is 9.23. The summed E-state index contributed by atoms with van der Waals surface area (Å²) in [6.45, 7) is 0.246. The van der Waals surface area contributed by atoms with Gasteiger partial charge in [-0.05, 0) is 42.0 Å². The van der Waals surface area contributed by atoms with Gasteiger partial charge in [0.2, 0.25) is 10.0 Å². The Balaban J connectivity index is 1.72. The molecule has 3 aromatic rings. The Morgan fingerprint density at radius 3 is 2.21 bits per heavy atom. The maximum atomic E-state index is 13.0. The van der Waals surface area contributed by atoms with Crippen molar-refractivity contribution in [3.8, 4) is 11.5 Å². The summed E-state index contributed by atoms with van der Waals surface area (Å²) < 4.78 is 38.0. The quantitative estimate of drug-likeness (QED) is 0.552. The van der Waals surface area contributed by atoms with Crippen LogP contribution >= 0.6 is 0 Å². The number of methoxy groups -OCH3 is 1. The molecule has 0 fully saturated rings. The fourth-order valence-corrected chi connectivity index (χ4v) is 3.87. The predicted molar refractivity (Wildman–Crippen MR) is 109 cm³/mol. The van der Waals surface area contributed by atoms with Crippen molar-refractivity contribution >= 4 is 15.8 Å². The van der Waals surface area contributed by atoms with Gasteiger partial charge in [-0.1, -0.05) is 36.4 Å². The normalized spacial score (nSPS) is 11.0. The number of nitrogens with zero attached hydrogens (tertiary/aromatic N) is 2. The van der Waals surface area contributed by atoms with Gasteiger partial charge in [0.25, 0.3) is 0 Å². The molecule has 6 nitrogen and oxygen atoms in total. The van der Waals surface area contributed by atoms with Crippen molar-refractivity contribution in [1.82, 2.24) is 4.98 Å². The van der Waals surface area contributed by atoms with E-state index in [0.717, 1.165) is 5.56 Å². The number of anilines is 1. The molecule has 0 spiro atoms. The summed E-state index contributed by atoms with van der Waals surface area (Å²) in [5.41, 5.74) is 0.882. The fourth-order valence-electron chi connectivity index (χ4n) is 2.62. The number of pyridine rings is 1. The maximum absolute atomic E-state index is 13.0. The van der Waals surface area contributed by atoms with E-state index in [1.165, 1.54) is 4.31 Å². The first-order chi connectivity index (χ1) is 13.6. The summed E-state index contributed by atoms with van der Waals surface area (Å²) in [4.78, 5) is 4.22. The minimum Gasteiger partial charge on any atom is -0.497 e. The molecule has 3 rings (SSSR count). The molecule has 28 heavy (non-hydrogen) atoms. The lowest BCUT2D eigenvalue weighted by atomic mass is 10.2. The molecule has 0 bridgehead atoms. The molecule has 0 atom stereocenters. The predicted octanol–water partition coefficient (Wildman–Crippen LogP) is 3.51. The molecule has 1 heterocycles. The van der Waals surface area contributed by atoms with Crippen LogP contribution in [-0.2, 0) is 16.6 Å². The van der Waals surface area contributed by atoms with Crippen LogP contribution in [0.5, 0.6) is 11.5 Å². The number of benzene rings is 2. The highest BCUT2D eigenvalue weighted by Gasteiger charge is 2.24. The molecular formula is C21H22N2O4S. The van der Waals surface area contributed by atoms with Crippen LogP contribution in [0.4, 0.5) is 5.82 Å². The molecule has 0 saturated carbocycles. The molecule has 0 amide bonds. The molecule has 2 aromatic carbocycles. The van der Waals surface area contributed by atoms with E-state index in [1.54, 1.807) is 55.8 Å². The Morgan fingerprint density at radius 1 is 0.893 bits per heavy atom. The van der Waals surface area contributed by atoms with Gasteiger partial charge in [0, 0.05) is 6.20 Å². The number of rotatable bonds is 9. The molecule has 0 N–H and O–H groups in total. The zero-order valence-corrected chi connectivity index (χ0v) is 16.4. The standard InChI is InChI=1S/C21H22N2O4S/c1-26-19-10-12-20(13-11-19)27-15-16-28(24,25)23(21-9-5-6-14-22-21)17-18-7-3-2-4-8-18/h2-14H,15-17H2,1H3. The SMILES string of the molecule is COc1ccc(OCCS(=O)(=O)N(Cc2ccccc2)c2ccccn2)cc1. The van der Waals surface area contributed by atoms with Crippen molar-refractivity contribution in [3.63, 3.8) is 0 Å². The van der Waals surface area contributed by atoms with Crippen molar-refractivity contribution in [2.75, 3.05) is 23.8 Å². The van der Waals surface area contributed by atoms with Gasteiger partial charge in [0.15, 0.2) is 0 Å². The van der Waals surface area contributed by atoms with E-state index in [-0.39, 0.29) is 18.9 Å². The second-order valence-corrected chi connectivity index (χ2v) is 8.03. The number of aromatic nitrogens is 1. The lowest BCUT2D eigenvalue weighted by Crippen LogP contribution is -2.35. The van der Waals surface area contributed by atoms with E-state index in [9.17, 15) is 8.42 Å². The summed E-state index contributed by atoms with van der Waals surface area (Å²) >= 11 is 0. The number of hydrogen-bond donors (Lipinski definition) is 0. The second-order valence-electron chi connectivity index (χ2n) is 6.02. The van der Waals surface area contributed by atoms with Crippen LogP contribution in [0, 0.1) is 0 Å². The molecule has 0 aliphatic rings. The fraction of sp³-hybridized carbons (Fsp3) is 0.190. The van der Waals surface area contributed by atoms with E-state index in [0.29, 0.717) is 17.3 Å². The molecule has 146 valence electrons. The van der Waals surface area contributed by atoms with Crippen LogP contribution in [0.25, 0.3) is 0 Å². The highest BCUT2D eigenvalue weighted by molar-refractivity contribution is 7.92. The largest absolute Gasteiger partial charge is 0.497 e. The van der Waals surface area contributed by atoms with E-state index < -0.39 is 10.0 Å². The number of sulfonamides is 1. The Kier molecular flexibility index (Phi) is 6.49. The Bertz CT molecular complexity index is 962. The Morgan fingerprint density at radius 2 is 1.57 bits per heavy atom. The van der Waals surface area contributed by atoms with Crippen molar-refractivity contribution < 1.29 is 17.9 Å². The van der Waals surface area contributed by atoms with Crippen LogP contribution < -0.4 is 13.8 Å². The number of hydrogen-bond acceptors (Lipinski definition) is 5. The van der Waals surface area contributed by atoms with Gasteiger partial charge in [-0.25, -0.2) is 17.7 Å². The molecule has 0 saturated heterocycles. The number of ether oxygens (including phenoxy) is 2. The third-order valence-corrected chi connectivity index (χ3v) is 5.75. The first-order valence-corrected chi connectivity index (χ1v) is 10.4. The third kappa shape index (κ3) is 5.23. The maximum Gasteiger partial charge on any atom is 0.239 e. The third-order valence-electron chi connectivity index (χ3n) is 4.08. The molecule has 0 aliphatic heterocycles. The van der Waals surface area contributed by atoms with Crippen LogP contribution in [0.1, 0.15) is 5.56 Å². The average Bonchev–Trinajstić information content (AvgIpc) is 2.73. The Labute approximate surface area is 165 Å². The highest BCUT2D eigenvalue weighted by atomic mass is 32.2. The van der Waals surface area contributed by atoms with Gasteiger partial charge >= 0.3 is 0 Å². The summed E-state index contributed by atoms with van der Waals surface area (Å²) in [5.74, 6) is 1.52.